The molecule has 168 valence electrons. The Bertz CT molecular complexity index is 872. The number of ether oxygens (including phenoxy) is 1. The van der Waals surface area contributed by atoms with Crippen LogP contribution >= 0.6 is 23.2 Å². The minimum atomic E-state index is -0.605. The van der Waals surface area contributed by atoms with E-state index >= 15 is 0 Å². The summed E-state index contributed by atoms with van der Waals surface area (Å²) in [5.41, 5.74) is 1.98. The topological polar surface area (TPSA) is 58.6 Å². The Morgan fingerprint density at radius 3 is 2.45 bits per heavy atom. The third-order valence-electron chi connectivity index (χ3n) is 4.88. The van der Waals surface area contributed by atoms with Gasteiger partial charge < -0.3 is 15.0 Å². The number of aryl methyl sites for hydroxylation is 1. The summed E-state index contributed by atoms with van der Waals surface area (Å²) in [5.74, 6) is 0.488. The zero-order chi connectivity index (χ0) is 22.8. The second kappa shape index (κ2) is 12.6. The van der Waals surface area contributed by atoms with Gasteiger partial charge in [-0.15, -0.1) is 0 Å². The molecular formula is C24H30Cl2N2O3. The fourth-order valence-corrected chi connectivity index (χ4v) is 3.33. The van der Waals surface area contributed by atoms with Gasteiger partial charge in [0.05, 0.1) is 16.7 Å². The Balaban J connectivity index is 2.01. The van der Waals surface area contributed by atoms with E-state index in [-0.39, 0.29) is 24.8 Å². The molecule has 0 aromatic heterocycles. The van der Waals surface area contributed by atoms with Gasteiger partial charge in [-0.2, -0.15) is 0 Å². The zero-order valence-electron chi connectivity index (χ0n) is 18.3. The lowest BCUT2D eigenvalue weighted by atomic mass is 10.1. The Hall–Kier alpha value is -2.24. The molecule has 0 spiro atoms. The molecule has 0 heterocycles. The van der Waals surface area contributed by atoms with Crippen molar-refractivity contribution < 1.29 is 14.3 Å². The summed E-state index contributed by atoms with van der Waals surface area (Å²) in [7, 11) is 0. The van der Waals surface area contributed by atoms with Gasteiger partial charge in [-0.3, -0.25) is 9.59 Å². The highest BCUT2D eigenvalue weighted by Gasteiger charge is 2.25. The average molecular weight is 465 g/mol. The van der Waals surface area contributed by atoms with Gasteiger partial charge in [0.25, 0.3) is 0 Å². The molecule has 2 amide bonds. The first-order chi connectivity index (χ1) is 14.8. The molecule has 0 saturated heterocycles. The molecule has 0 saturated carbocycles. The lowest BCUT2D eigenvalue weighted by Gasteiger charge is -2.29. The minimum Gasteiger partial charge on any atom is -0.494 e. The summed E-state index contributed by atoms with van der Waals surface area (Å²) >= 11 is 12.1. The van der Waals surface area contributed by atoms with E-state index in [1.165, 1.54) is 0 Å². The quantitative estimate of drug-likeness (QED) is 0.452. The second-order valence-electron chi connectivity index (χ2n) is 7.50. The van der Waals surface area contributed by atoms with E-state index in [2.05, 4.69) is 5.32 Å². The molecule has 0 aliphatic heterocycles. The number of halogens is 2. The van der Waals surface area contributed by atoms with Crippen LogP contribution in [0.2, 0.25) is 10.0 Å². The van der Waals surface area contributed by atoms with Crippen LogP contribution in [0.4, 0.5) is 0 Å². The molecule has 0 fully saturated rings. The number of rotatable bonds is 11. The summed E-state index contributed by atoms with van der Waals surface area (Å²) in [6.45, 7) is 7.01. The van der Waals surface area contributed by atoms with E-state index in [4.69, 9.17) is 27.9 Å². The number of nitrogens with zero attached hydrogens (tertiary/aromatic N) is 1. The largest absolute Gasteiger partial charge is 0.494 e. The van der Waals surface area contributed by atoms with Crippen LogP contribution in [0.5, 0.6) is 5.75 Å². The summed E-state index contributed by atoms with van der Waals surface area (Å²) in [5, 5.41) is 3.73. The normalized spacial score (nSPS) is 11.6. The van der Waals surface area contributed by atoms with Crippen molar-refractivity contribution in [3.63, 3.8) is 0 Å². The molecule has 2 rings (SSSR count). The van der Waals surface area contributed by atoms with Crippen LogP contribution in [-0.4, -0.2) is 35.9 Å². The minimum absolute atomic E-state index is 0.113. The fourth-order valence-electron chi connectivity index (χ4n) is 3.00. The molecule has 1 N–H and O–H groups in total. The van der Waals surface area contributed by atoms with Crippen molar-refractivity contribution in [1.82, 2.24) is 10.2 Å². The Morgan fingerprint density at radius 2 is 1.81 bits per heavy atom. The summed E-state index contributed by atoms with van der Waals surface area (Å²) in [6, 6.07) is 12.4. The summed E-state index contributed by atoms with van der Waals surface area (Å²) < 4.78 is 5.72. The van der Waals surface area contributed by atoms with E-state index in [9.17, 15) is 9.59 Å². The third kappa shape index (κ3) is 8.08. The predicted octanol–water partition coefficient (Wildman–Crippen LogP) is 5.40. The van der Waals surface area contributed by atoms with Gasteiger partial charge in [-0.05, 0) is 56.5 Å². The Morgan fingerprint density at radius 1 is 1.10 bits per heavy atom. The smallest absolute Gasteiger partial charge is 0.242 e. The van der Waals surface area contributed by atoms with Gasteiger partial charge in [0.15, 0.2) is 0 Å². The molecule has 1 atom stereocenters. The highest BCUT2D eigenvalue weighted by Crippen LogP contribution is 2.24. The first-order valence-corrected chi connectivity index (χ1v) is 11.3. The molecule has 7 heteroatoms. The van der Waals surface area contributed by atoms with Crippen molar-refractivity contribution in [3.05, 3.63) is 63.6 Å². The van der Waals surface area contributed by atoms with E-state index in [1.807, 2.05) is 44.2 Å². The van der Waals surface area contributed by atoms with Crippen LogP contribution in [0.25, 0.3) is 0 Å². The van der Waals surface area contributed by atoms with Gasteiger partial charge in [0, 0.05) is 19.5 Å². The van der Waals surface area contributed by atoms with Crippen LogP contribution in [0.1, 0.15) is 44.2 Å². The maximum absolute atomic E-state index is 13.0. The Kier molecular flexibility index (Phi) is 10.2. The van der Waals surface area contributed by atoms with Gasteiger partial charge in [-0.25, -0.2) is 0 Å². The third-order valence-corrected chi connectivity index (χ3v) is 5.62. The van der Waals surface area contributed by atoms with Gasteiger partial charge in [0.1, 0.15) is 11.8 Å². The van der Waals surface area contributed by atoms with Crippen molar-refractivity contribution >= 4 is 35.0 Å². The van der Waals surface area contributed by atoms with E-state index in [0.29, 0.717) is 29.6 Å². The van der Waals surface area contributed by atoms with Crippen LogP contribution in [0.15, 0.2) is 42.5 Å². The molecule has 0 bridgehead atoms. The number of benzene rings is 2. The maximum Gasteiger partial charge on any atom is 0.242 e. The SMILES string of the molecule is CCCNC(=O)[C@H](C)N(Cc1ccc(Cl)c(Cl)c1)C(=O)CCCOc1ccc(C)cc1. The molecule has 31 heavy (non-hydrogen) atoms. The summed E-state index contributed by atoms with van der Waals surface area (Å²) in [6.07, 6.45) is 1.65. The summed E-state index contributed by atoms with van der Waals surface area (Å²) in [4.78, 5) is 27.1. The maximum atomic E-state index is 13.0. The van der Waals surface area contributed by atoms with E-state index < -0.39 is 6.04 Å². The number of hydrogen-bond donors (Lipinski definition) is 1. The number of amides is 2. The second-order valence-corrected chi connectivity index (χ2v) is 8.32. The predicted molar refractivity (Wildman–Crippen MR) is 126 cm³/mol. The zero-order valence-corrected chi connectivity index (χ0v) is 19.8. The molecule has 0 aliphatic rings. The number of carbonyl (C=O) groups excluding carboxylic acids is 2. The fraction of sp³-hybridized carbons (Fsp3) is 0.417. The van der Waals surface area contributed by atoms with Crippen LogP contribution in [0.3, 0.4) is 0 Å². The van der Waals surface area contributed by atoms with Gasteiger partial charge in [-0.1, -0.05) is 53.9 Å². The lowest BCUT2D eigenvalue weighted by Crippen LogP contribution is -2.47. The first-order valence-electron chi connectivity index (χ1n) is 10.5. The standard InChI is InChI=1S/C24H30Cl2N2O3/c1-4-13-27-24(30)18(3)28(16-19-9-12-21(25)22(26)15-19)23(29)6-5-14-31-20-10-7-17(2)8-11-20/h7-12,15,18H,4-6,13-14,16H2,1-3H3,(H,27,30)/t18-/m0/s1. The first kappa shape index (κ1) is 25.0. The van der Waals surface area contributed by atoms with Crippen LogP contribution in [-0.2, 0) is 16.1 Å². The Labute approximate surface area is 194 Å². The van der Waals surface area contributed by atoms with Crippen LogP contribution in [0, 0.1) is 6.92 Å². The van der Waals surface area contributed by atoms with Gasteiger partial charge >= 0.3 is 0 Å². The molecule has 2 aromatic rings. The lowest BCUT2D eigenvalue weighted by molar-refractivity contribution is -0.140. The highest BCUT2D eigenvalue weighted by atomic mass is 35.5. The monoisotopic (exact) mass is 464 g/mol. The molecule has 0 unspecified atom stereocenters. The number of carbonyl (C=O) groups is 2. The number of nitrogens with one attached hydrogen (secondary N) is 1. The van der Waals surface area contributed by atoms with Crippen LogP contribution < -0.4 is 10.1 Å². The van der Waals surface area contributed by atoms with E-state index in [0.717, 1.165) is 23.3 Å². The molecular weight excluding hydrogens is 435 g/mol. The molecule has 0 radical (unpaired) electrons. The van der Waals surface area contributed by atoms with Crippen molar-refractivity contribution in [2.75, 3.05) is 13.2 Å². The van der Waals surface area contributed by atoms with Crippen molar-refractivity contribution in [1.29, 1.82) is 0 Å². The molecule has 0 aliphatic carbocycles. The molecule has 2 aromatic carbocycles. The van der Waals surface area contributed by atoms with E-state index in [1.54, 1.807) is 24.0 Å². The molecule has 5 nitrogen and oxygen atoms in total. The van der Waals surface area contributed by atoms with Crippen molar-refractivity contribution in [2.45, 2.75) is 52.6 Å². The van der Waals surface area contributed by atoms with Crippen molar-refractivity contribution in [3.8, 4) is 5.75 Å². The van der Waals surface area contributed by atoms with Gasteiger partial charge in [0.2, 0.25) is 11.8 Å². The highest BCUT2D eigenvalue weighted by molar-refractivity contribution is 6.42. The average Bonchev–Trinajstić information content (AvgIpc) is 2.76. The van der Waals surface area contributed by atoms with Crippen molar-refractivity contribution in [2.24, 2.45) is 0 Å². The number of hydrogen-bond acceptors (Lipinski definition) is 3.